The zero-order valence-corrected chi connectivity index (χ0v) is 10.8. The summed E-state index contributed by atoms with van der Waals surface area (Å²) in [6.45, 7) is 0. The van der Waals surface area contributed by atoms with Crippen molar-refractivity contribution >= 4 is 22.5 Å². The number of carbonyl (C=O) groups is 1. The van der Waals surface area contributed by atoms with Crippen molar-refractivity contribution in [3.63, 3.8) is 0 Å². The van der Waals surface area contributed by atoms with Gasteiger partial charge in [-0.2, -0.15) is 0 Å². The zero-order chi connectivity index (χ0) is 13.9. The number of hydrogen-bond acceptors (Lipinski definition) is 5. The molecule has 0 spiro atoms. The fourth-order valence-corrected chi connectivity index (χ4v) is 1.94. The van der Waals surface area contributed by atoms with Gasteiger partial charge in [0, 0.05) is 18.6 Å². The van der Waals surface area contributed by atoms with Gasteiger partial charge in [-0.1, -0.05) is 18.2 Å². The SMILES string of the molecule is Cn1nnnc1CC(=O)Nc1cccc2cccnc12. The third kappa shape index (κ3) is 2.33. The molecule has 7 nitrogen and oxygen atoms in total. The van der Waals surface area contributed by atoms with Crippen LogP contribution in [0, 0.1) is 0 Å². The van der Waals surface area contributed by atoms with Crippen LogP contribution in [-0.2, 0) is 18.3 Å². The molecule has 1 aromatic carbocycles. The summed E-state index contributed by atoms with van der Waals surface area (Å²) in [6.07, 6.45) is 1.82. The largest absolute Gasteiger partial charge is 0.324 e. The van der Waals surface area contributed by atoms with E-state index in [2.05, 4.69) is 25.8 Å². The molecule has 1 N–H and O–H groups in total. The highest BCUT2D eigenvalue weighted by atomic mass is 16.1. The molecule has 0 aliphatic rings. The molecule has 20 heavy (non-hydrogen) atoms. The molecule has 0 aliphatic carbocycles. The van der Waals surface area contributed by atoms with E-state index in [4.69, 9.17) is 0 Å². The smallest absolute Gasteiger partial charge is 0.232 e. The maximum atomic E-state index is 12.0. The number of fused-ring (bicyclic) bond motifs is 1. The Morgan fingerprint density at radius 1 is 1.30 bits per heavy atom. The van der Waals surface area contributed by atoms with Gasteiger partial charge < -0.3 is 5.32 Å². The molecule has 0 aliphatic heterocycles. The number of pyridine rings is 1. The predicted octanol–water partition coefficient (Wildman–Crippen LogP) is 0.939. The average molecular weight is 268 g/mol. The second-order valence-electron chi connectivity index (χ2n) is 4.32. The Labute approximate surface area is 114 Å². The third-order valence-electron chi connectivity index (χ3n) is 2.93. The molecule has 0 atom stereocenters. The van der Waals surface area contributed by atoms with Gasteiger partial charge in [0.1, 0.15) is 0 Å². The van der Waals surface area contributed by atoms with Crippen molar-refractivity contribution in [2.45, 2.75) is 6.42 Å². The number of hydrogen-bond donors (Lipinski definition) is 1. The van der Waals surface area contributed by atoms with E-state index in [1.54, 1.807) is 13.2 Å². The summed E-state index contributed by atoms with van der Waals surface area (Å²) in [5.74, 6) is 0.330. The molecule has 1 amide bonds. The molecule has 3 aromatic rings. The first-order chi connectivity index (χ1) is 9.74. The van der Waals surface area contributed by atoms with Crippen LogP contribution < -0.4 is 5.32 Å². The van der Waals surface area contributed by atoms with Gasteiger partial charge in [-0.15, -0.1) is 5.10 Å². The summed E-state index contributed by atoms with van der Waals surface area (Å²) < 4.78 is 1.47. The van der Waals surface area contributed by atoms with E-state index in [-0.39, 0.29) is 12.3 Å². The number of tetrazole rings is 1. The number of benzene rings is 1. The lowest BCUT2D eigenvalue weighted by Gasteiger charge is -2.07. The van der Waals surface area contributed by atoms with Crippen LogP contribution in [0.2, 0.25) is 0 Å². The first kappa shape index (κ1) is 12.2. The topological polar surface area (TPSA) is 85.6 Å². The summed E-state index contributed by atoms with van der Waals surface area (Å²) >= 11 is 0. The number of anilines is 1. The molecule has 0 saturated heterocycles. The Hall–Kier alpha value is -2.83. The lowest BCUT2D eigenvalue weighted by Crippen LogP contribution is -2.17. The number of nitrogens with zero attached hydrogens (tertiary/aromatic N) is 5. The predicted molar refractivity (Wildman–Crippen MR) is 72.9 cm³/mol. The summed E-state index contributed by atoms with van der Waals surface area (Å²) in [5, 5.41) is 14.8. The first-order valence-corrected chi connectivity index (χ1v) is 6.09. The van der Waals surface area contributed by atoms with E-state index in [1.807, 2.05) is 30.3 Å². The first-order valence-electron chi connectivity index (χ1n) is 6.09. The molecule has 0 fully saturated rings. The minimum atomic E-state index is -0.180. The molecule has 0 unspecified atom stereocenters. The van der Waals surface area contributed by atoms with Gasteiger partial charge in [-0.25, -0.2) is 4.68 Å². The van der Waals surface area contributed by atoms with E-state index in [0.29, 0.717) is 11.5 Å². The molecule has 100 valence electrons. The number of aromatic nitrogens is 5. The second-order valence-corrected chi connectivity index (χ2v) is 4.32. The van der Waals surface area contributed by atoms with Gasteiger partial charge in [0.05, 0.1) is 17.6 Å². The van der Waals surface area contributed by atoms with E-state index in [9.17, 15) is 4.79 Å². The number of rotatable bonds is 3. The van der Waals surface area contributed by atoms with Crippen molar-refractivity contribution < 1.29 is 4.79 Å². The Kier molecular flexibility index (Phi) is 3.08. The number of amides is 1. The van der Waals surface area contributed by atoms with Crippen LogP contribution in [-0.4, -0.2) is 31.1 Å². The quantitative estimate of drug-likeness (QED) is 0.764. The van der Waals surface area contributed by atoms with Crippen LogP contribution in [0.5, 0.6) is 0 Å². The standard InChI is InChI=1S/C13H12N6O/c1-19-11(16-17-18-19)8-12(20)15-10-6-2-4-9-5-3-7-14-13(9)10/h2-7H,8H2,1H3,(H,15,20). The lowest BCUT2D eigenvalue weighted by molar-refractivity contribution is -0.115. The second kappa shape index (κ2) is 5.04. The van der Waals surface area contributed by atoms with Crippen LogP contribution in [0.15, 0.2) is 36.5 Å². The highest BCUT2D eigenvalue weighted by Crippen LogP contribution is 2.20. The summed E-state index contributed by atoms with van der Waals surface area (Å²) in [4.78, 5) is 16.3. The maximum absolute atomic E-state index is 12.0. The molecule has 0 bridgehead atoms. The van der Waals surface area contributed by atoms with Gasteiger partial charge in [-0.05, 0) is 22.6 Å². The highest BCUT2D eigenvalue weighted by molar-refractivity contribution is 6.00. The van der Waals surface area contributed by atoms with E-state index in [0.717, 1.165) is 10.9 Å². The fraction of sp³-hybridized carbons (Fsp3) is 0.154. The van der Waals surface area contributed by atoms with Crippen LogP contribution in [0.1, 0.15) is 5.82 Å². The number of nitrogens with one attached hydrogen (secondary N) is 1. The van der Waals surface area contributed by atoms with Crippen LogP contribution >= 0.6 is 0 Å². The number of para-hydroxylation sites is 1. The van der Waals surface area contributed by atoms with Gasteiger partial charge >= 0.3 is 0 Å². The van der Waals surface area contributed by atoms with E-state index in [1.165, 1.54) is 4.68 Å². The van der Waals surface area contributed by atoms with Gasteiger partial charge in [-0.3, -0.25) is 9.78 Å². The Morgan fingerprint density at radius 2 is 2.15 bits per heavy atom. The molecule has 3 rings (SSSR count). The maximum Gasteiger partial charge on any atom is 0.232 e. The van der Waals surface area contributed by atoms with Gasteiger partial charge in [0.15, 0.2) is 5.82 Å². The Balaban J connectivity index is 1.83. The molecule has 7 heteroatoms. The molecule has 0 saturated carbocycles. The summed E-state index contributed by atoms with van der Waals surface area (Å²) in [5.41, 5.74) is 1.45. The third-order valence-corrected chi connectivity index (χ3v) is 2.93. The minimum Gasteiger partial charge on any atom is -0.324 e. The molecule has 2 aromatic heterocycles. The Morgan fingerprint density at radius 3 is 2.95 bits per heavy atom. The minimum absolute atomic E-state index is 0.118. The number of aryl methyl sites for hydroxylation is 1. The zero-order valence-electron chi connectivity index (χ0n) is 10.8. The Bertz CT molecular complexity index is 761. The summed E-state index contributed by atoms with van der Waals surface area (Å²) in [6, 6.07) is 9.46. The van der Waals surface area contributed by atoms with Crippen LogP contribution in [0.4, 0.5) is 5.69 Å². The monoisotopic (exact) mass is 268 g/mol. The molecule has 2 heterocycles. The van der Waals surface area contributed by atoms with Crippen molar-refractivity contribution in [3.05, 3.63) is 42.4 Å². The normalized spacial score (nSPS) is 10.7. The van der Waals surface area contributed by atoms with Crippen molar-refractivity contribution in [3.8, 4) is 0 Å². The van der Waals surface area contributed by atoms with Crippen LogP contribution in [0.3, 0.4) is 0 Å². The van der Waals surface area contributed by atoms with Crippen molar-refractivity contribution in [2.75, 3.05) is 5.32 Å². The van der Waals surface area contributed by atoms with Crippen molar-refractivity contribution in [1.29, 1.82) is 0 Å². The van der Waals surface area contributed by atoms with E-state index >= 15 is 0 Å². The molecular formula is C13H12N6O. The van der Waals surface area contributed by atoms with Crippen LogP contribution in [0.25, 0.3) is 10.9 Å². The van der Waals surface area contributed by atoms with Gasteiger partial charge in [0.2, 0.25) is 5.91 Å². The summed E-state index contributed by atoms with van der Waals surface area (Å²) in [7, 11) is 1.70. The highest BCUT2D eigenvalue weighted by Gasteiger charge is 2.11. The molecular weight excluding hydrogens is 256 g/mol. The lowest BCUT2D eigenvalue weighted by atomic mass is 10.2. The fourth-order valence-electron chi connectivity index (χ4n) is 1.94. The van der Waals surface area contributed by atoms with E-state index < -0.39 is 0 Å². The van der Waals surface area contributed by atoms with Gasteiger partial charge in [0.25, 0.3) is 0 Å². The van der Waals surface area contributed by atoms with Crippen molar-refractivity contribution in [2.24, 2.45) is 7.05 Å². The number of carbonyl (C=O) groups excluding carboxylic acids is 1. The molecule has 0 radical (unpaired) electrons. The average Bonchev–Trinajstić information content (AvgIpc) is 2.85. The van der Waals surface area contributed by atoms with Crippen molar-refractivity contribution in [1.82, 2.24) is 25.2 Å².